The summed E-state index contributed by atoms with van der Waals surface area (Å²) in [5.41, 5.74) is -0.0344. The average Bonchev–Trinajstić information content (AvgIpc) is 2.94. The number of carbonyl (C=O) groups excluding carboxylic acids is 2. The van der Waals surface area contributed by atoms with E-state index in [2.05, 4.69) is 5.32 Å². The van der Waals surface area contributed by atoms with Gasteiger partial charge in [0.1, 0.15) is 0 Å². The number of nitrogens with one attached hydrogen (secondary N) is 1. The third-order valence-electron chi connectivity index (χ3n) is 2.55. The molecule has 1 atom stereocenters. The first-order chi connectivity index (χ1) is 10.3. The molecule has 1 unspecified atom stereocenters. The molecule has 7 nitrogen and oxygen atoms in total. The molecule has 0 aliphatic rings. The molecule has 2 rings (SSSR count). The van der Waals surface area contributed by atoms with Crippen LogP contribution in [0.4, 0.5) is 5.69 Å². The maximum atomic E-state index is 12.3. The van der Waals surface area contributed by atoms with Gasteiger partial charge in [0, 0.05) is 0 Å². The number of benzene rings is 1. The number of hydrogen-bond acceptors (Lipinski definition) is 6. The summed E-state index contributed by atoms with van der Waals surface area (Å²) in [6.45, 7) is 1.23. The number of aromatic hydroxyl groups is 1. The van der Waals surface area contributed by atoms with Crippen molar-refractivity contribution in [1.29, 1.82) is 0 Å². The number of hydrogen-bond donors (Lipinski definition) is 3. The quantitative estimate of drug-likeness (QED) is 0.531. The normalized spacial score (nSPS) is 13.2. The summed E-state index contributed by atoms with van der Waals surface area (Å²) in [5.74, 6) is -1.61. The van der Waals surface area contributed by atoms with Crippen LogP contribution < -0.4 is 9.67 Å². The minimum atomic E-state index is -5.14. The molecular weight excluding hydrogens is 373 g/mol. The molecule has 22 heavy (non-hydrogen) atoms. The van der Waals surface area contributed by atoms with Gasteiger partial charge in [0.15, 0.2) is 0 Å². The van der Waals surface area contributed by atoms with Crippen LogP contribution in [0.25, 0.3) is 0 Å². The minimum absolute atomic E-state index is 0.0344. The van der Waals surface area contributed by atoms with Crippen molar-refractivity contribution in [3.8, 4) is 5.75 Å². The number of amides is 1. The van der Waals surface area contributed by atoms with Crippen molar-refractivity contribution in [2.45, 2.75) is 6.92 Å². The Kier molecular flexibility index (Phi) is 4.75. The Bertz CT molecular complexity index is 758. The molecule has 0 saturated carbocycles. The summed E-state index contributed by atoms with van der Waals surface area (Å²) < 4.78 is 26.8. The van der Waals surface area contributed by atoms with Gasteiger partial charge in [0.25, 0.3) is 0 Å². The van der Waals surface area contributed by atoms with Crippen LogP contribution in [-0.2, 0) is 12.3 Å². The zero-order valence-electron chi connectivity index (χ0n) is 11.3. The van der Waals surface area contributed by atoms with Crippen molar-refractivity contribution in [1.82, 2.24) is 0 Å². The predicted molar refractivity (Wildman–Crippen MR) is 80.4 cm³/mol. The average molecular weight is 385 g/mol. The molecule has 116 valence electrons. The molecular formula is C13H12AsNO6S. The Morgan fingerprint density at radius 3 is 2.64 bits per heavy atom. The van der Waals surface area contributed by atoms with E-state index in [4.69, 9.17) is 3.73 Å². The molecule has 2 aromatic rings. The van der Waals surface area contributed by atoms with Gasteiger partial charge in [-0.1, -0.05) is 0 Å². The Balaban J connectivity index is 2.27. The summed E-state index contributed by atoms with van der Waals surface area (Å²) in [4.78, 5) is 23.0. The van der Waals surface area contributed by atoms with Gasteiger partial charge in [-0.25, -0.2) is 0 Å². The first-order valence-corrected chi connectivity index (χ1v) is 10.2. The molecule has 1 aromatic carbocycles. The zero-order chi connectivity index (χ0) is 16.3. The van der Waals surface area contributed by atoms with Gasteiger partial charge >= 0.3 is 132 Å². The molecule has 1 amide bonds. The summed E-state index contributed by atoms with van der Waals surface area (Å²) in [6.07, 6.45) is 0. The molecule has 0 radical (unpaired) electrons. The first kappa shape index (κ1) is 16.4. The van der Waals surface area contributed by atoms with Gasteiger partial charge in [0.05, 0.1) is 0 Å². The van der Waals surface area contributed by atoms with Gasteiger partial charge in [-0.15, -0.1) is 0 Å². The predicted octanol–water partition coefficient (Wildman–Crippen LogP) is 0.838. The van der Waals surface area contributed by atoms with E-state index in [-0.39, 0.29) is 20.7 Å². The van der Waals surface area contributed by atoms with Crippen molar-refractivity contribution >= 4 is 47.4 Å². The van der Waals surface area contributed by atoms with Crippen LogP contribution in [0.3, 0.4) is 0 Å². The van der Waals surface area contributed by atoms with Crippen LogP contribution in [0.5, 0.6) is 5.75 Å². The number of phenolic OH excluding ortho intramolecular Hbond substituents is 1. The van der Waals surface area contributed by atoms with E-state index < -0.39 is 26.0 Å². The third-order valence-corrected chi connectivity index (χ3v) is 6.22. The molecule has 0 saturated heterocycles. The van der Waals surface area contributed by atoms with Gasteiger partial charge in [0.2, 0.25) is 0 Å². The fourth-order valence-corrected chi connectivity index (χ4v) is 4.39. The van der Waals surface area contributed by atoms with Crippen molar-refractivity contribution in [2.75, 3.05) is 5.32 Å². The van der Waals surface area contributed by atoms with Crippen LogP contribution in [0.1, 0.15) is 16.6 Å². The fraction of sp³-hybridized carbons (Fsp3) is 0.0769. The van der Waals surface area contributed by atoms with Gasteiger partial charge in [-0.3, -0.25) is 0 Å². The zero-order valence-corrected chi connectivity index (χ0v) is 14.0. The van der Waals surface area contributed by atoms with Gasteiger partial charge in [-0.2, -0.15) is 0 Å². The Hall–Kier alpha value is -2.02. The molecule has 1 aromatic heterocycles. The van der Waals surface area contributed by atoms with Gasteiger partial charge < -0.3 is 0 Å². The second kappa shape index (κ2) is 6.39. The SMILES string of the molecule is CC(=O)Nc1cc([As](=O)(O)OC(=O)c2cccs2)ccc1O. The number of phenols is 1. The van der Waals surface area contributed by atoms with Crippen molar-refractivity contribution < 1.29 is 26.3 Å². The fourth-order valence-electron chi connectivity index (χ4n) is 1.59. The molecule has 1 heterocycles. The number of rotatable bonds is 4. The summed E-state index contributed by atoms with van der Waals surface area (Å²) >= 11 is -4.05. The monoisotopic (exact) mass is 385 g/mol. The van der Waals surface area contributed by atoms with Gasteiger partial charge in [-0.05, 0) is 0 Å². The van der Waals surface area contributed by atoms with E-state index >= 15 is 0 Å². The van der Waals surface area contributed by atoms with E-state index in [1.807, 2.05) is 0 Å². The number of thiophene rings is 1. The molecule has 0 bridgehead atoms. The topological polar surface area (TPSA) is 113 Å². The van der Waals surface area contributed by atoms with Crippen LogP contribution in [0.15, 0.2) is 35.7 Å². The first-order valence-electron chi connectivity index (χ1n) is 6.01. The molecule has 0 aliphatic carbocycles. The molecule has 0 aliphatic heterocycles. The van der Waals surface area contributed by atoms with E-state index in [0.717, 1.165) is 23.5 Å². The molecule has 9 heteroatoms. The second-order valence-corrected chi connectivity index (χ2v) is 8.86. The maximum absolute atomic E-state index is 12.3. The second-order valence-electron chi connectivity index (χ2n) is 4.26. The summed E-state index contributed by atoms with van der Waals surface area (Å²) in [5, 5.41) is 13.6. The molecule has 3 N–H and O–H groups in total. The van der Waals surface area contributed by atoms with Crippen LogP contribution in [0.2, 0.25) is 0 Å². The van der Waals surface area contributed by atoms with Crippen LogP contribution >= 0.6 is 11.3 Å². The Labute approximate surface area is 132 Å². The van der Waals surface area contributed by atoms with E-state index in [1.54, 1.807) is 11.4 Å². The Morgan fingerprint density at radius 2 is 2.05 bits per heavy atom. The van der Waals surface area contributed by atoms with Crippen LogP contribution in [-0.4, -0.2) is 35.3 Å². The van der Waals surface area contributed by atoms with E-state index in [9.17, 15) is 22.5 Å². The summed E-state index contributed by atoms with van der Waals surface area (Å²) in [7, 11) is 0. The Morgan fingerprint density at radius 1 is 1.32 bits per heavy atom. The molecule has 0 spiro atoms. The van der Waals surface area contributed by atoms with Crippen molar-refractivity contribution in [3.63, 3.8) is 0 Å². The van der Waals surface area contributed by atoms with E-state index in [1.165, 1.54) is 19.1 Å². The van der Waals surface area contributed by atoms with Crippen molar-refractivity contribution in [2.24, 2.45) is 0 Å². The van der Waals surface area contributed by atoms with E-state index in [0.29, 0.717) is 0 Å². The standard InChI is InChI=1S/C13H12AsNO6S/c1-8(16)15-10-7-9(4-5-11(10)17)14(19,20)21-13(18)12-3-2-6-22-12/h2-7,17H,1H3,(H,15,16)(H,19,20). The van der Waals surface area contributed by atoms with Crippen LogP contribution in [0, 0.1) is 0 Å². The summed E-state index contributed by atoms with van der Waals surface area (Å²) in [6, 6.07) is 6.51. The number of anilines is 1. The van der Waals surface area contributed by atoms with Crippen molar-refractivity contribution in [3.05, 3.63) is 40.6 Å². The number of carbonyl (C=O) groups is 2. The third kappa shape index (κ3) is 3.79. The molecule has 0 fully saturated rings.